The first kappa shape index (κ1) is 13.5. The largest absolute Gasteiger partial charge is 0.508 e. The van der Waals surface area contributed by atoms with Crippen molar-refractivity contribution in [1.29, 1.82) is 0 Å². The Bertz CT molecular complexity index is 569. The van der Waals surface area contributed by atoms with Crippen LogP contribution in [0.1, 0.15) is 21.1 Å². The third-order valence-electron chi connectivity index (χ3n) is 2.57. The van der Waals surface area contributed by atoms with Crippen molar-refractivity contribution in [3.8, 4) is 5.75 Å². The van der Waals surface area contributed by atoms with E-state index in [9.17, 15) is 9.90 Å². The van der Waals surface area contributed by atoms with E-state index in [0.29, 0.717) is 24.2 Å². The van der Waals surface area contributed by atoms with E-state index in [1.165, 1.54) is 11.3 Å². The molecule has 0 saturated carbocycles. The molecule has 0 radical (unpaired) electrons. The summed E-state index contributed by atoms with van der Waals surface area (Å²) in [5, 5.41) is 14.9. The summed E-state index contributed by atoms with van der Waals surface area (Å²) in [6, 6.07) is 6.89. The highest BCUT2D eigenvalue weighted by molar-refractivity contribution is 7.09. The predicted octanol–water partition coefficient (Wildman–Crippen LogP) is 1.28. The molecule has 4 N–H and O–H groups in total. The van der Waals surface area contributed by atoms with Gasteiger partial charge in [0, 0.05) is 23.9 Å². The number of nitrogens with zero attached hydrogens (tertiary/aromatic N) is 1. The van der Waals surface area contributed by atoms with Gasteiger partial charge in [0.05, 0.1) is 5.01 Å². The van der Waals surface area contributed by atoms with E-state index >= 15 is 0 Å². The molecular weight excluding hydrogens is 262 g/mol. The second-order valence-corrected chi connectivity index (χ2v) is 4.92. The average Bonchev–Trinajstić information content (AvgIpc) is 2.87. The van der Waals surface area contributed by atoms with E-state index in [0.717, 1.165) is 5.01 Å². The lowest BCUT2D eigenvalue weighted by atomic mass is 10.2. The number of carbonyl (C=O) groups excluding carboxylic acids is 1. The van der Waals surface area contributed by atoms with Gasteiger partial charge in [0.2, 0.25) is 0 Å². The van der Waals surface area contributed by atoms with Crippen LogP contribution in [0.2, 0.25) is 0 Å². The van der Waals surface area contributed by atoms with Crippen molar-refractivity contribution >= 4 is 17.2 Å². The minimum Gasteiger partial charge on any atom is -0.508 e. The van der Waals surface area contributed by atoms with E-state index in [2.05, 4.69) is 10.3 Å². The van der Waals surface area contributed by atoms with Crippen LogP contribution >= 0.6 is 11.3 Å². The molecule has 0 fully saturated rings. The lowest BCUT2D eigenvalue weighted by molar-refractivity contribution is 0.0946. The van der Waals surface area contributed by atoms with Gasteiger partial charge in [-0.25, -0.2) is 4.98 Å². The summed E-state index contributed by atoms with van der Waals surface area (Å²) in [6.45, 7) is 0.793. The average molecular weight is 277 g/mol. The maximum atomic E-state index is 11.9. The van der Waals surface area contributed by atoms with Crippen molar-refractivity contribution in [3.63, 3.8) is 0 Å². The Kier molecular flexibility index (Phi) is 4.48. The fourth-order valence-electron chi connectivity index (χ4n) is 1.58. The Morgan fingerprint density at radius 1 is 1.42 bits per heavy atom. The van der Waals surface area contributed by atoms with Gasteiger partial charge >= 0.3 is 0 Å². The number of hydrogen-bond donors (Lipinski definition) is 3. The number of nitrogens with one attached hydrogen (secondary N) is 1. The normalized spacial score (nSPS) is 10.4. The third kappa shape index (κ3) is 3.52. The highest BCUT2D eigenvalue weighted by atomic mass is 32.1. The maximum absolute atomic E-state index is 11.9. The summed E-state index contributed by atoms with van der Waals surface area (Å²) in [7, 11) is 0. The molecule has 2 rings (SSSR count). The van der Waals surface area contributed by atoms with Crippen LogP contribution < -0.4 is 11.1 Å². The number of phenolic OH excluding ortho intramolecular Hbond substituents is 1. The number of rotatable bonds is 5. The topological polar surface area (TPSA) is 88.2 Å². The van der Waals surface area contributed by atoms with Crippen molar-refractivity contribution in [1.82, 2.24) is 10.3 Å². The first-order chi connectivity index (χ1) is 9.20. The number of aromatic nitrogens is 1. The summed E-state index contributed by atoms with van der Waals surface area (Å²) in [5.41, 5.74) is 6.50. The number of aromatic hydroxyl groups is 1. The van der Waals surface area contributed by atoms with Crippen molar-refractivity contribution in [2.24, 2.45) is 5.73 Å². The van der Waals surface area contributed by atoms with E-state index in [4.69, 9.17) is 5.73 Å². The zero-order valence-electron chi connectivity index (χ0n) is 10.3. The van der Waals surface area contributed by atoms with E-state index in [1.54, 1.807) is 23.6 Å². The molecule has 0 saturated heterocycles. The number of phenols is 1. The van der Waals surface area contributed by atoms with E-state index in [1.807, 2.05) is 6.07 Å². The molecule has 1 heterocycles. The second-order valence-electron chi connectivity index (χ2n) is 3.98. The van der Waals surface area contributed by atoms with Crippen molar-refractivity contribution < 1.29 is 9.90 Å². The van der Waals surface area contributed by atoms with Crippen LogP contribution in [0.15, 0.2) is 29.6 Å². The molecule has 6 heteroatoms. The Balaban J connectivity index is 1.95. The number of thiazole rings is 1. The van der Waals surface area contributed by atoms with Gasteiger partial charge in [-0.2, -0.15) is 0 Å². The molecule has 1 aromatic heterocycles. The Morgan fingerprint density at radius 2 is 2.21 bits per heavy atom. The number of benzene rings is 1. The summed E-state index contributed by atoms with van der Waals surface area (Å²) in [5.74, 6) is -0.0762. The monoisotopic (exact) mass is 277 g/mol. The van der Waals surface area contributed by atoms with E-state index < -0.39 is 0 Å². The molecule has 1 aromatic carbocycles. The van der Waals surface area contributed by atoms with Gasteiger partial charge < -0.3 is 16.2 Å². The molecule has 0 aliphatic rings. The molecule has 1 amide bonds. The summed E-state index contributed by atoms with van der Waals surface area (Å²) in [6.07, 6.45) is 0.678. The fraction of sp³-hybridized carbons (Fsp3) is 0.231. The lowest BCUT2D eigenvalue weighted by Gasteiger charge is -2.05. The standard InChI is InChI=1S/C13H15N3O2S/c14-6-5-12-16-10(8-19-12)13(18)15-7-9-3-1-2-4-11(9)17/h1-4,8,17H,5-7,14H2,(H,15,18). The van der Waals surface area contributed by atoms with Gasteiger partial charge in [0.1, 0.15) is 11.4 Å². The number of amides is 1. The number of carbonyl (C=O) groups is 1. The molecule has 2 aromatic rings. The molecule has 0 bridgehead atoms. The van der Waals surface area contributed by atoms with Gasteiger partial charge in [0.25, 0.3) is 5.91 Å². The van der Waals surface area contributed by atoms with Crippen LogP contribution in [0.25, 0.3) is 0 Å². The molecule has 0 unspecified atom stereocenters. The number of para-hydroxylation sites is 1. The highest BCUT2D eigenvalue weighted by Crippen LogP contribution is 2.15. The smallest absolute Gasteiger partial charge is 0.271 e. The van der Waals surface area contributed by atoms with Crippen LogP contribution in [-0.2, 0) is 13.0 Å². The summed E-state index contributed by atoms with van der Waals surface area (Å²) in [4.78, 5) is 16.1. The van der Waals surface area contributed by atoms with E-state index in [-0.39, 0.29) is 18.2 Å². The summed E-state index contributed by atoms with van der Waals surface area (Å²) < 4.78 is 0. The molecule has 19 heavy (non-hydrogen) atoms. The van der Waals surface area contributed by atoms with Crippen LogP contribution in [0.5, 0.6) is 5.75 Å². The molecule has 0 aliphatic carbocycles. The van der Waals surface area contributed by atoms with Crippen LogP contribution in [-0.4, -0.2) is 22.5 Å². The van der Waals surface area contributed by atoms with Gasteiger partial charge in [0.15, 0.2) is 0 Å². The van der Waals surface area contributed by atoms with Gasteiger partial charge in [-0.1, -0.05) is 18.2 Å². The summed E-state index contributed by atoms with van der Waals surface area (Å²) >= 11 is 1.43. The fourth-order valence-corrected chi connectivity index (χ4v) is 2.37. The van der Waals surface area contributed by atoms with Crippen LogP contribution in [0, 0.1) is 0 Å². The van der Waals surface area contributed by atoms with Crippen molar-refractivity contribution in [2.45, 2.75) is 13.0 Å². The molecule has 0 atom stereocenters. The Labute approximate surface area is 115 Å². The SMILES string of the molecule is NCCc1nc(C(=O)NCc2ccccc2O)cs1. The molecular formula is C13H15N3O2S. The molecule has 5 nitrogen and oxygen atoms in total. The van der Waals surface area contributed by atoms with Gasteiger partial charge in [-0.3, -0.25) is 4.79 Å². The zero-order valence-corrected chi connectivity index (χ0v) is 11.1. The maximum Gasteiger partial charge on any atom is 0.271 e. The zero-order chi connectivity index (χ0) is 13.7. The molecule has 100 valence electrons. The predicted molar refractivity (Wildman–Crippen MR) is 74.1 cm³/mol. The van der Waals surface area contributed by atoms with Crippen molar-refractivity contribution in [2.75, 3.05) is 6.54 Å². The first-order valence-electron chi connectivity index (χ1n) is 5.90. The number of nitrogens with two attached hydrogens (primary N) is 1. The second kappa shape index (κ2) is 6.31. The lowest BCUT2D eigenvalue weighted by Crippen LogP contribution is -2.23. The van der Waals surface area contributed by atoms with Crippen LogP contribution in [0.4, 0.5) is 0 Å². The van der Waals surface area contributed by atoms with Crippen molar-refractivity contribution in [3.05, 3.63) is 45.9 Å². The minimum atomic E-state index is -0.247. The quantitative estimate of drug-likeness (QED) is 0.768. The number of hydrogen-bond acceptors (Lipinski definition) is 5. The highest BCUT2D eigenvalue weighted by Gasteiger charge is 2.10. The third-order valence-corrected chi connectivity index (χ3v) is 3.48. The Hall–Kier alpha value is -1.92. The van der Waals surface area contributed by atoms with Crippen LogP contribution in [0.3, 0.4) is 0 Å². The van der Waals surface area contributed by atoms with Gasteiger partial charge in [-0.05, 0) is 12.6 Å². The van der Waals surface area contributed by atoms with Gasteiger partial charge in [-0.15, -0.1) is 11.3 Å². The molecule has 0 spiro atoms. The molecule has 0 aliphatic heterocycles. The Morgan fingerprint density at radius 3 is 2.95 bits per heavy atom. The first-order valence-corrected chi connectivity index (χ1v) is 6.78. The minimum absolute atomic E-state index is 0.171.